The maximum Gasteiger partial charge on any atom is 0.472 e. The lowest BCUT2D eigenvalue weighted by Crippen LogP contribution is -2.46. The molecule has 47 heavy (non-hydrogen) atoms. The standard InChI is InChI=1S/C37H73N2O7P/c1-3-5-7-9-11-12-13-14-15-16-17-18-19-20-21-23-24-26-28-34(40)32-37(42)39-35(33-46-47(43,44)45-31-30-38)36(41)29-27-25-22-10-8-6-4-2/h17-18,27,29,34-36,40-41H,3-16,19-26,28,30-33,38H2,1-2H3,(H,39,42)(H,43,44)/b18-17-,29-27+. The predicted octanol–water partition coefficient (Wildman–Crippen LogP) is 8.80. The molecular formula is C37H73N2O7P. The minimum atomic E-state index is -4.38. The van der Waals surface area contributed by atoms with Crippen LogP contribution in [0.4, 0.5) is 0 Å². The summed E-state index contributed by atoms with van der Waals surface area (Å²) in [5.41, 5.74) is 5.32. The van der Waals surface area contributed by atoms with Gasteiger partial charge in [-0.1, -0.05) is 141 Å². The zero-order valence-corrected chi connectivity index (χ0v) is 31.0. The zero-order valence-electron chi connectivity index (χ0n) is 30.1. The molecule has 0 rings (SSSR count). The van der Waals surface area contributed by atoms with Gasteiger partial charge in [-0.2, -0.15) is 0 Å². The number of phosphoric acid groups is 1. The van der Waals surface area contributed by atoms with Gasteiger partial charge in [0.25, 0.3) is 0 Å². The molecule has 0 saturated heterocycles. The zero-order chi connectivity index (χ0) is 34.9. The van der Waals surface area contributed by atoms with Gasteiger partial charge in [-0.25, -0.2) is 4.57 Å². The molecular weight excluding hydrogens is 615 g/mol. The lowest BCUT2D eigenvalue weighted by atomic mass is 10.0. The minimum absolute atomic E-state index is 0.0480. The molecule has 4 unspecified atom stereocenters. The molecule has 0 radical (unpaired) electrons. The molecule has 0 aliphatic carbocycles. The van der Waals surface area contributed by atoms with E-state index in [1.807, 2.05) is 6.08 Å². The summed E-state index contributed by atoms with van der Waals surface area (Å²) in [7, 11) is -4.38. The molecule has 4 atom stereocenters. The number of hydrogen-bond acceptors (Lipinski definition) is 7. The first kappa shape index (κ1) is 45.9. The lowest BCUT2D eigenvalue weighted by molar-refractivity contribution is -0.124. The van der Waals surface area contributed by atoms with Crippen molar-refractivity contribution in [2.24, 2.45) is 5.73 Å². The molecule has 9 nitrogen and oxygen atoms in total. The van der Waals surface area contributed by atoms with Crippen LogP contribution in [0.5, 0.6) is 0 Å². The fourth-order valence-corrected chi connectivity index (χ4v) is 6.16. The van der Waals surface area contributed by atoms with Crippen LogP contribution < -0.4 is 11.1 Å². The SMILES string of the molecule is CCCCCCC/C=C/C(O)C(COP(=O)(O)OCCN)NC(=O)CC(O)CCCCCCC/C=C\CCCCCCCCCCC. The van der Waals surface area contributed by atoms with E-state index in [-0.39, 0.29) is 19.6 Å². The van der Waals surface area contributed by atoms with E-state index < -0.39 is 38.6 Å². The van der Waals surface area contributed by atoms with Crippen LogP contribution in [-0.4, -0.2) is 59.0 Å². The van der Waals surface area contributed by atoms with Crippen LogP contribution in [0.2, 0.25) is 0 Å². The molecule has 0 aromatic rings. The summed E-state index contributed by atoms with van der Waals surface area (Å²) in [6, 6.07) is -0.979. The fourth-order valence-electron chi connectivity index (χ4n) is 5.40. The van der Waals surface area contributed by atoms with E-state index in [1.165, 1.54) is 89.9 Å². The van der Waals surface area contributed by atoms with Crippen molar-refractivity contribution in [3.05, 3.63) is 24.3 Å². The molecule has 0 aromatic carbocycles. The summed E-state index contributed by atoms with van der Waals surface area (Å²) in [6.45, 7) is 3.88. The van der Waals surface area contributed by atoms with Crippen molar-refractivity contribution in [2.75, 3.05) is 19.8 Å². The van der Waals surface area contributed by atoms with Crippen LogP contribution in [0.3, 0.4) is 0 Å². The highest BCUT2D eigenvalue weighted by atomic mass is 31.2. The summed E-state index contributed by atoms with van der Waals surface area (Å²) in [5.74, 6) is -0.456. The van der Waals surface area contributed by atoms with E-state index in [0.717, 1.165) is 51.4 Å². The van der Waals surface area contributed by atoms with E-state index in [1.54, 1.807) is 6.08 Å². The summed E-state index contributed by atoms with van der Waals surface area (Å²) >= 11 is 0. The molecule has 0 heterocycles. The van der Waals surface area contributed by atoms with Crippen molar-refractivity contribution in [1.29, 1.82) is 0 Å². The summed E-state index contributed by atoms with van der Waals surface area (Å²) in [6.07, 6.45) is 32.9. The molecule has 0 spiro atoms. The molecule has 0 aliphatic rings. The number of hydrogen-bond donors (Lipinski definition) is 5. The Kier molecular flexibility index (Phi) is 32.7. The Bertz CT molecular complexity index is 812. The van der Waals surface area contributed by atoms with Gasteiger partial charge in [0.15, 0.2) is 0 Å². The smallest absolute Gasteiger partial charge is 0.393 e. The Morgan fingerprint density at radius 3 is 1.70 bits per heavy atom. The number of aliphatic hydroxyl groups is 2. The maximum absolute atomic E-state index is 12.7. The van der Waals surface area contributed by atoms with Gasteiger partial charge < -0.3 is 26.2 Å². The van der Waals surface area contributed by atoms with Crippen LogP contribution in [-0.2, 0) is 18.4 Å². The minimum Gasteiger partial charge on any atom is -0.393 e. The van der Waals surface area contributed by atoms with Crippen molar-refractivity contribution < 1.29 is 33.5 Å². The molecule has 0 aromatic heterocycles. The molecule has 10 heteroatoms. The Balaban J connectivity index is 4.24. The van der Waals surface area contributed by atoms with Gasteiger partial charge in [0.1, 0.15) is 0 Å². The number of carbonyl (C=O) groups excluding carboxylic acids is 1. The van der Waals surface area contributed by atoms with Crippen molar-refractivity contribution in [2.45, 2.75) is 186 Å². The maximum atomic E-state index is 12.7. The number of carbonyl (C=O) groups is 1. The van der Waals surface area contributed by atoms with Crippen LogP contribution in [0.15, 0.2) is 24.3 Å². The quantitative estimate of drug-likeness (QED) is 0.0252. The first-order valence-electron chi connectivity index (χ1n) is 19.0. The van der Waals surface area contributed by atoms with Gasteiger partial charge in [-0.15, -0.1) is 0 Å². The predicted molar refractivity (Wildman–Crippen MR) is 195 cm³/mol. The summed E-state index contributed by atoms with van der Waals surface area (Å²) in [4.78, 5) is 22.5. The molecule has 6 N–H and O–H groups in total. The first-order valence-corrected chi connectivity index (χ1v) is 20.5. The topological polar surface area (TPSA) is 151 Å². The number of unbranched alkanes of at least 4 members (excludes halogenated alkanes) is 19. The largest absolute Gasteiger partial charge is 0.472 e. The Morgan fingerprint density at radius 2 is 1.19 bits per heavy atom. The third-order valence-electron chi connectivity index (χ3n) is 8.33. The van der Waals surface area contributed by atoms with Gasteiger partial charge in [-0.05, 0) is 44.9 Å². The van der Waals surface area contributed by atoms with Gasteiger partial charge >= 0.3 is 7.82 Å². The van der Waals surface area contributed by atoms with Gasteiger partial charge in [0.2, 0.25) is 5.91 Å². The monoisotopic (exact) mass is 689 g/mol. The highest BCUT2D eigenvalue weighted by Gasteiger charge is 2.27. The van der Waals surface area contributed by atoms with Crippen molar-refractivity contribution >= 4 is 13.7 Å². The molecule has 0 fully saturated rings. The van der Waals surface area contributed by atoms with Crippen molar-refractivity contribution in [1.82, 2.24) is 5.32 Å². The second kappa shape index (κ2) is 33.4. The van der Waals surface area contributed by atoms with Crippen LogP contribution in [0.25, 0.3) is 0 Å². The Labute approximate surface area is 288 Å². The average Bonchev–Trinajstić information content (AvgIpc) is 3.04. The van der Waals surface area contributed by atoms with Gasteiger partial charge in [-0.3, -0.25) is 13.8 Å². The van der Waals surface area contributed by atoms with Crippen molar-refractivity contribution in [3.63, 3.8) is 0 Å². The second-order valence-electron chi connectivity index (χ2n) is 13.0. The van der Waals surface area contributed by atoms with Crippen LogP contribution in [0, 0.1) is 0 Å². The van der Waals surface area contributed by atoms with Crippen LogP contribution >= 0.6 is 7.82 Å². The number of nitrogens with two attached hydrogens (primary N) is 1. The van der Waals surface area contributed by atoms with Crippen molar-refractivity contribution in [3.8, 4) is 0 Å². The average molecular weight is 689 g/mol. The summed E-state index contributed by atoms with van der Waals surface area (Å²) < 4.78 is 21.9. The Morgan fingerprint density at radius 1 is 0.723 bits per heavy atom. The van der Waals surface area contributed by atoms with Gasteiger partial charge in [0.05, 0.1) is 37.9 Å². The number of nitrogens with one attached hydrogen (secondary N) is 1. The van der Waals surface area contributed by atoms with E-state index in [4.69, 9.17) is 14.8 Å². The van der Waals surface area contributed by atoms with E-state index >= 15 is 0 Å². The normalized spacial score (nSPS) is 15.3. The highest BCUT2D eigenvalue weighted by Crippen LogP contribution is 2.43. The highest BCUT2D eigenvalue weighted by molar-refractivity contribution is 7.47. The molecule has 0 saturated carbocycles. The van der Waals surface area contributed by atoms with E-state index in [0.29, 0.717) is 6.42 Å². The molecule has 0 bridgehead atoms. The number of aliphatic hydroxyl groups excluding tert-OH is 2. The lowest BCUT2D eigenvalue weighted by Gasteiger charge is -2.24. The van der Waals surface area contributed by atoms with Gasteiger partial charge in [0, 0.05) is 6.54 Å². The second-order valence-corrected chi connectivity index (χ2v) is 14.4. The number of rotatable bonds is 35. The third-order valence-corrected chi connectivity index (χ3v) is 9.31. The number of amides is 1. The fraction of sp³-hybridized carbons (Fsp3) is 0.865. The summed E-state index contributed by atoms with van der Waals surface area (Å²) in [5, 5.41) is 23.8. The Hall–Kier alpha value is -1.06. The van der Waals surface area contributed by atoms with E-state index in [2.05, 4.69) is 31.3 Å². The van der Waals surface area contributed by atoms with E-state index in [9.17, 15) is 24.5 Å². The number of allylic oxidation sites excluding steroid dienone is 3. The van der Waals surface area contributed by atoms with Crippen LogP contribution in [0.1, 0.15) is 168 Å². The first-order chi connectivity index (χ1) is 22.8. The molecule has 1 amide bonds. The third kappa shape index (κ3) is 31.9. The molecule has 278 valence electrons. The number of phosphoric ester groups is 1. The molecule has 0 aliphatic heterocycles.